The van der Waals surface area contributed by atoms with E-state index in [9.17, 15) is 9.59 Å². The van der Waals surface area contributed by atoms with Gasteiger partial charge in [-0.15, -0.1) is 0 Å². The summed E-state index contributed by atoms with van der Waals surface area (Å²) in [5.74, 6) is 0.174. The lowest BCUT2D eigenvalue weighted by Gasteiger charge is -2.10. The summed E-state index contributed by atoms with van der Waals surface area (Å²) >= 11 is 6.06. The van der Waals surface area contributed by atoms with Gasteiger partial charge in [-0.3, -0.25) is 10.1 Å². The van der Waals surface area contributed by atoms with Crippen LogP contribution in [0.1, 0.15) is 5.56 Å². The van der Waals surface area contributed by atoms with E-state index in [1.807, 2.05) is 13.0 Å². The Kier molecular flexibility index (Phi) is 6.03. The fraction of sp³-hybridized carbons (Fsp3) is 0.176. The Morgan fingerprint density at radius 1 is 1.08 bits per heavy atom. The third kappa shape index (κ3) is 5.17. The molecule has 0 aromatic heterocycles. The molecular weight excluding hydrogens is 332 g/mol. The molecule has 0 unspecified atom stereocenters. The van der Waals surface area contributed by atoms with Crippen molar-refractivity contribution in [1.29, 1.82) is 0 Å². The molecule has 0 aliphatic rings. The minimum absolute atomic E-state index is 0.159. The van der Waals surface area contributed by atoms with Crippen LogP contribution in [0.15, 0.2) is 42.5 Å². The molecule has 0 saturated heterocycles. The first-order valence-electron chi connectivity index (χ1n) is 7.12. The van der Waals surface area contributed by atoms with Crippen LogP contribution in [0.25, 0.3) is 0 Å². The zero-order valence-electron chi connectivity index (χ0n) is 13.3. The number of carbonyl (C=O) groups is 2. The number of hydrogen-bond donors (Lipinski definition) is 2. The fourth-order valence-corrected chi connectivity index (χ4v) is 2.14. The molecule has 2 N–H and O–H groups in total. The molecule has 2 aromatic rings. The molecule has 0 saturated carbocycles. The molecule has 0 spiro atoms. The summed E-state index contributed by atoms with van der Waals surface area (Å²) in [7, 11) is 1.28. The van der Waals surface area contributed by atoms with Crippen LogP contribution in [-0.4, -0.2) is 25.7 Å². The van der Waals surface area contributed by atoms with E-state index in [2.05, 4.69) is 15.4 Å². The zero-order chi connectivity index (χ0) is 17.5. The van der Waals surface area contributed by atoms with Gasteiger partial charge in [0.25, 0.3) is 5.91 Å². The van der Waals surface area contributed by atoms with Crippen molar-refractivity contribution in [3.63, 3.8) is 0 Å². The summed E-state index contributed by atoms with van der Waals surface area (Å²) in [5, 5.41) is 5.67. The van der Waals surface area contributed by atoms with Gasteiger partial charge in [-0.2, -0.15) is 0 Å². The second-order valence-electron chi connectivity index (χ2n) is 4.96. The van der Waals surface area contributed by atoms with Gasteiger partial charge in [0, 0.05) is 5.69 Å². The van der Waals surface area contributed by atoms with Crippen molar-refractivity contribution in [1.82, 2.24) is 0 Å². The predicted molar refractivity (Wildman–Crippen MR) is 92.8 cm³/mol. The van der Waals surface area contributed by atoms with Gasteiger partial charge in [-0.1, -0.05) is 17.7 Å². The maximum atomic E-state index is 11.9. The Hall–Kier alpha value is -2.73. The molecule has 24 heavy (non-hydrogen) atoms. The van der Waals surface area contributed by atoms with E-state index < -0.39 is 6.09 Å². The molecule has 2 amide bonds. The third-order valence-electron chi connectivity index (χ3n) is 3.05. The Morgan fingerprint density at radius 3 is 2.42 bits per heavy atom. The molecule has 0 bridgehead atoms. The average Bonchev–Trinajstić information content (AvgIpc) is 2.56. The van der Waals surface area contributed by atoms with E-state index >= 15 is 0 Å². The van der Waals surface area contributed by atoms with Crippen molar-refractivity contribution in [3.8, 4) is 5.75 Å². The van der Waals surface area contributed by atoms with Crippen molar-refractivity contribution in [3.05, 3.63) is 53.1 Å². The molecule has 0 radical (unpaired) electrons. The van der Waals surface area contributed by atoms with E-state index in [1.165, 1.54) is 7.11 Å². The quantitative estimate of drug-likeness (QED) is 0.860. The number of aryl methyl sites for hydroxylation is 1. The summed E-state index contributed by atoms with van der Waals surface area (Å²) in [6.45, 7) is 1.76. The molecule has 126 valence electrons. The molecule has 0 atom stereocenters. The lowest BCUT2D eigenvalue weighted by molar-refractivity contribution is -0.118. The number of benzene rings is 2. The molecule has 0 fully saturated rings. The van der Waals surface area contributed by atoms with E-state index in [1.54, 1.807) is 36.4 Å². The number of anilines is 2. The Bertz CT molecular complexity index is 732. The second-order valence-corrected chi connectivity index (χ2v) is 5.37. The lowest BCUT2D eigenvalue weighted by Crippen LogP contribution is -2.20. The van der Waals surface area contributed by atoms with E-state index in [0.29, 0.717) is 22.1 Å². The normalized spacial score (nSPS) is 9.96. The SMILES string of the molecule is COC(=O)Nc1ccc(OCC(=O)Nc2ccc(C)cc2Cl)cc1. The van der Waals surface area contributed by atoms with Crippen LogP contribution in [0.3, 0.4) is 0 Å². The van der Waals surface area contributed by atoms with Gasteiger partial charge in [-0.05, 0) is 48.9 Å². The van der Waals surface area contributed by atoms with Crippen molar-refractivity contribution in [2.24, 2.45) is 0 Å². The van der Waals surface area contributed by atoms with Gasteiger partial charge in [0.05, 0.1) is 17.8 Å². The molecule has 7 heteroatoms. The number of hydrogen-bond acceptors (Lipinski definition) is 4. The summed E-state index contributed by atoms with van der Waals surface area (Å²) in [4.78, 5) is 23.0. The molecule has 0 heterocycles. The van der Waals surface area contributed by atoms with Gasteiger partial charge < -0.3 is 14.8 Å². The highest BCUT2D eigenvalue weighted by molar-refractivity contribution is 6.33. The van der Waals surface area contributed by atoms with E-state index in [-0.39, 0.29) is 12.5 Å². The molecule has 0 aliphatic carbocycles. The number of methoxy groups -OCH3 is 1. The van der Waals surface area contributed by atoms with Crippen LogP contribution in [0.4, 0.5) is 16.2 Å². The van der Waals surface area contributed by atoms with Crippen LogP contribution in [0, 0.1) is 6.92 Å². The maximum absolute atomic E-state index is 11.9. The van der Waals surface area contributed by atoms with Crippen molar-refractivity contribution in [2.45, 2.75) is 6.92 Å². The first kappa shape index (κ1) is 17.6. The molecule has 0 aliphatic heterocycles. The predicted octanol–water partition coefficient (Wildman–Crippen LogP) is 3.84. The first-order valence-corrected chi connectivity index (χ1v) is 7.49. The molecule has 2 aromatic carbocycles. The van der Waals surface area contributed by atoms with Crippen LogP contribution in [0.2, 0.25) is 5.02 Å². The Labute approximate surface area is 144 Å². The minimum Gasteiger partial charge on any atom is -0.484 e. The maximum Gasteiger partial charge on any atom is 0.411 e. The fourth-order valence-electron chi connectivity index (χ4n) is 1.86. The van der Waals surface area contributed by atoms with Crippen LogP contribution in [0.5, 0.6) is 5.75 Å². The third-order valence-corrected chi connectivity index (χ3v) is 3.37. The zero-order valence-corrected chi connectivity index (χ0v) is 14.0. The van der Waals surface area contributed by atoms with Gasteiger partial charge in [0.15, 0.2) is 6.61 Å². The average molecular weight is 349 g/mol. The number of amides is 2. The van der Waals surface area contributed by atoms with Crippen LogP contribution >= 0.6 is 11.6 Å². The monoisotopic (exact) mass is 348 g/mol. The number of carbonyl (C=O) groups excluding carboxylic acids is 2. The largest absolute Gasteiger partial charge is 0.484 e. The first-order chi connectivity index (χ1) is 11.5. The van der Waals surface area contributed by atoms with Crippen molar-refractivity contribution in [2.75, 3.05) is 24.4 Å². The van der Waals surface area contributed by atoms with Crippen LogP contribution in [-0.2, 0) is 9.53 Å². The van der Waals surface area contributed by atoms with E-state index in [4.69, 9.17) is 16.3 Å². The smallest absolute Gasteiger partial charge is 0.411 e. The number of nitrogens with one attached hydrogen (secondary N) is 2. The van der Waals surface area contributed by atoms with Crippen molar-refractivity contribution >= 4 is 35.0 Å². The Balaban J connectivity index is 1.86. The summed E-state index contributed by atoms with van der Waals surface area (Å²) < 4.78 is 9.88. The van der Waals surface area contributed by atoms with Gasteiger partial charge in [0.1, 0.15) is 5.75 Å². The highest BCUT2D eigenvalue weighted by Crippen LogP contribution is 2.22. The molecule has 6 nitrogen and oxygen atoms in total. The van der Waals surface area contributed by atoms with Gasteiger partial charge in [-0.25, -0.2) is 4.79 Å². The summed E-state index contributed by atoms with van der Waals surface area (Å²) in [6.07, 6.45) is -0.557. The van der Waals surface area contributed by atoms with E-state index in [0.717, 1.165) is 5.56 Å². The highest BCUT2D eigenvalue weighted by Gasteiger charge is 2.07. The Morgan fingerprint density at radius 2 is 1.79 bits per heavy atom. The number of halogens is 1. The van der Waals surface area contributed by atoms with Gasteiger partial charge in [0.2, 0.25) is 0 Å². The highest BCUT2D eigenvalue weighted by atomic mass is 35.5. The minimum atomic E-state index is -0.557. The second kappa shape index (κ2) is 8.21. The lowest BCUT2D eigenvalue weighted by atomic mass is 10.2. The van der Waals surface area contributed by atoms with Gasteiger partial charge >= 0.3 is 6.09 Å². The summed E-state index contributed by atoms with van der Waals surface area (Å²) in [6, 6.07) is 11.9. The van der Waals surface area contributed by atoms with Crippen LogP contribution < -0.4 is 15.4 Å². The topological polar surface area (TPSA) is 76.7 Å². The molecule has 2 rings (SSSR count). The summed E-state index contributed by atoms with van der Waals surface area (Å²) in [5.41, 5.74) is 2.11. The molecular formula is C17H17ClN2O4. The standard InChI is InChI=1S/C17H17ClN2O4/c1-11-3-8-15(14(18)9-11)20-16(21)10-24-13-6-4-12(5-7-13)19-17(22)23-2/h3-9H,10H2,1-2H3,(H,19,22)(H,20,21). The number of rotatable bonds is 5. The van der Waals surface area contributed by atoms with Crippen molar-refractivity contribution < 1.29 is 19.1 Å². The number of ether oxygens (including phenoxy) is 2.